The van der Waals surface area contributed by atoms with Gasteiger partial charge in [-0.1, -0.05) is 24.4 Å². The van der Waals surface area contributed by atoms with E-state index in [2.05, 4.69) is 19.8 Å². The van der Waals surface area contributed by atoms with Crippen molar-refractivity contribution in [1.29, 1.82) is 0 Å². The molecule has 1 amide bonds. The fraction of sp³-hybridized carbons (Fsp3) is 0.688. The molecule has 5 nitrogen and oxygen atoms in total. The maximum Gasteiger partial charge on any atom is 0.225 e. The van der Waals surface area contributed by atoms with Crippen LogP contribution in [-0.2, 0) is 4.79 Å². The average Bonchev–Trinajstić information content (AvgIpc) is 2.84. The first-order chi connectivity index (χ1) is 10.7. The van der Waals surface area contributed by atoms with Crippen molar-refractivity contribution in [3.05, 3.63) is 17.5 Å². The number of nitrogens with zero attached hydrogens (tertiary/aromatic N) is 4. The van der Waals surface area contributed by atoms with Crippen molar-refractivity contribution in [3.63, 3.8) is 0 Å². The zero-order valence-corrected chi connectivity index (χ0v) is 13.6. The van der Waals surface area contributed by atoms with E-state index in [-0.39, 0.29) is 5.92 Å². The van der Waals surface area contributed by atoms with Gasteiger partial charge in [-0.3, -0.25) is 9.78 Å². The monoisotopic (exact) mass is 322 g/mol. The third-order valence-electron chi connectivity index (χ3n) is 4.68. The van der Waals surface area contributed by atoms with Crippen LogP contribution in [0.1, 0.15) is 38.5 Å². The first kappa shape index (κ1) is 15.5. The lowest BCUT2D eigenvalue weighted by Gasteiger charge is -2.34. The highest BCUT2D eigenvalue weighted by Crippen LogP contribution is 2.24. The maximum absolute atomic E-state index is 12.7. The summed E-state index contributed by atoms with van der Waals surface area (Å²) in [7, 11) is 0. The highest BCUT2D eigenvalue weighted by Gasteiger charge is 2.29. The van der Waals surface area contributed by atoms with Gasteiger partial charge in [0.15, 0.2) is 0 Å². The fourth-order valence-electron chi connectivity index (χ4n) is 3.39. The number of halogens is 1. The molecule has 0 aromatic carbocycles. The van der Waals surface area contributed by atoms with Crippen molar-refractivity contribution in [2.45, 2.75) is 38.5 Å². The Kier molecular flexibility index (Phi) is 5.13. The zero-order valence-electron chi connectivity index (χ0n) is 12.9. The molecule has 3 heterocycles. The molecule has 22 heavy (non-hydrogen) atoms. The highest BCUT2D eigenvalue weighted by atomic mass is 35.5. The summed E-state index contributed by atoms with van der Waals surface area (Å²) in [6.07, 6.45) is 9.90. The molecule has 0 bridgehead atoms. The Morgan fingerprint density at radius 3 is 2.36 bits per heavy atom. The molecule has 2 aliphatic rings. The molecule has 0 unspecified atom stereocenters. The predicted molar refractivity (Wildman–Crippen MR) is 87.0 cm³/mol. The topological polar surface area (TPSA) is 49.3 Å². The van der Waals surface area contributed by atoms with E-state index in [4.69, 9.17) is 11.6 Å². The number of aromatic nitrogens is 2. The summed E-state index contributed by atoms with van der Waals surface area (Å²) in [5, 5.41) is 0.417. The van der Waals surface area contributed by atoms with Gasteiger partial charge in [0.25, 0.3) is 0 Å². The van der Waals surface area contributed by atoms with Crippen LogP contribution >= 0.6 is 11.6 Å². The van der Waals surface area contributed by atoms with E-state index in [0.29, 0.717) is 11.1 Å². The van der Waals surface area contributed by atoms with E-state index in [1.807, 2.05) is 0 Å². The number of anilines is 1. The number of amides is 1. The third-order valence-corrected chi connectivity index (χ3v) is 4.86. The van der Waals surface area contributed by atoms with Gasteiger partial charge in [0.05, 0.1) is 12.4 Å². The Balaban J connectivity index is 1.55. The van der Waals surface area contributed by atoms with Gasteiger partial charge in [0, 0.05) is 32.1 Å². The second-order valence-corrected chi connectivity index (χ2v) is 6.59. The average molecular weight is 323 g/mol. The molecule has 2 aliphatic heterocycles. The van der Waals surface area contributed by atoms with Crippen molar-refractivity contribution >= 4 is 23.3 Å². The summed E-state index contributed by atoms with van der Waals surface area (Å²) in [4.78, 5) is 25.3. The second-order valence-electron chi connectivity index (χ2n) is 6.20. The number of rotatable bonds is 2. The van der Waals surface area contributed by atoms with E-state index in [1.165, 1.54) is 12.8 Å². The smallest absolute Gasteiger partial charge is 0.225 e. The molecule has 0 saturated carbocycles. The molecular formula is C16H23ClN4O. The quantitative estimate of drug-likeness (QED) is 0.840. The largest absolute Gasteiger partial charge is 0.355 e. The van der Waals surface area contributed by atoms with E-state index in [9.17, 15) is 4.79 Å². The van der Waals surface area contributed by atoms with Crippen LogP contribution in [0.15, 0.2) is 12.4 Å². The van der Waals surface area contributed by atoms with E-state index in [1.54, 1.807) is 12.4 Å². The normalized spacial score (nSPS) is 20.8. The number of hydrogen-bond donors (Lipinski definition) is 0. The van der Waals surface area contributed by atoms with Crippen LogP contribution in [0.3, 0.4) is 0 Å². The number of piperidine rings is 1. The summed E-state index contributed by atoms with van der Waals surface area (Å²) >= 11 is 5.90. The Morgan fingerprint density at radius 2 is 1.73 bits per heavy atom. The van der Waals surface area contributed by atoms with Gasteiger partial charge in [-0.15, -0.1) is 0 Å². The summed E-state index contributed by atoms with van der Waals surface area (Å²) in [6.45, 7) is 3.58. The van der Waals surface area contributed by atoms with Crippen LogP contribution < -0.4 is 4.90 Å². The lowest BCUT2D eigenvalue weighted by molar-refractivity contribution is -0.136. The first-order valence-electron chi connectivity index (χ1n) is 8.25. The van der Waals surface area contributed by atoms with Crippen molar-refractivity contribution < 1.29 is 4.79 Å². The lowest BCUT2D eigenvalue weighted by atomic mass is 9.95. The predicted octanol–water partition coefficient (Wildman–Crippen LogP) is 2.75. The number of hydrogen-bond acceptors (Lipinski definition) is 4. The minimum Gasteiger partial charge on any atom is -0.355 e. The molecular weight excluding hydrogens is 300 g/mol. The minimum atomic E-state index is 0.168. The summed E-state index contributed by atoms with van der Waals surface area (Å²) < 4.78 is 0. The molecule has 2 fully saturated rings. The van der Waals surface area contributed by atoms with Crippen molar-refractivity contribution in [2.24, 2.45) is 5.92 Å². The molecule has 0 aliphatic carbocycles. The molecule has 3 rings (SSSR count). The lowest BCUT2D eigenvalue weighted by Crippen LogP contribution is -2.43. The molecule has 0 spiro atoms. The number of likely N-dealkylation sites (tertiary alicyclic amines) is 1. The van der Waals surface area contributed by atoms with E-state index in [0.717, 1.165) is 57.7 Å². The molecule has 0 radical (unpaired) electrons. The highest BCUT2D eigenvalue weighted by molar-refractivity contribution is 6.29. The van der Waals surface area contributed by atoms with Crippen LogP contribution in [-0.4, -0.2) is 47.0 Å². The van der Waals surface area contributed by atoms with Crippen molar-refractivity contribution in [1.82, 2.24) is 14.9 Å². The van der Waals surface area contributed by atoms with E-state index >= 15 is 0 Å². The molecule has 120 valence electrons. The Hall–Kier alpha value is -1.36. The Bertz CT molecular complexity index is 509. The van der Waals surface area contributed by atoms with Gasteiger partial charge in [-0.25, -0.2) is 4.98 Å². The Morgan fingerprint density at radius 1 is 1.05 bits per heavy atom. The summed E-state index contributed by atoms with van der Waals surface area (Å²) in [6, 6.07) is 0. The van der Waals surface area contributed by atoms with Gasteiger partial charge in [-0.05, 0) is 25.7 Å². The van der Waals surface area contributed by atoms with Crippen molar-refractivity contribution in [3.8, 4) is 0 Å². The van der Waals surface area contributed by atoms with E-state index < -0.39 is 0 Å². The SMILES string of the molecule is O=C(C1CCN(c2cncc(Cl)n2)CC1)N1CCCCCC1. The molecule has 2 saturated heterocycles. The molecule has 0 atom stereocenters. The number of carbonyl (C=O) groups is 1. The standard InChI is InChI=1S/C16H23ClN4O/c17-14-11-18-12-15(19-14)20-9-5-13(6-10-20)16(22)21-7-3-1-2-4-8-21/h11-13H,1-10H2. The molecule has 1 aromatic heterocycles. The second kappa shape index (κ2) is 7.27. The zero-order chi connectivity index (χ0) is 15.4. The Labute approximate surface area is 136 Å². The van der Waals surface area contributed by atoms with Crippen molar-refractivity contribution in [2.75, 3.05) is 31.1 Å². The van der Waals surface area contributed by atoms with Crippen LogP contribution in [0.5, 0.6) is 0 Å². The summed E-state index contributed by atoms with van der Waals surface area (Å²) in [5.74, 6) is 1.34. The fourth-order valence-corrected chi connectivity index (χ4v) is 3.53. The van der Waals surface area contributed by atoms with Gasteiger partial charge in [-0.2, -0.15) is 0 Å². The minimum absolute atomic E-state index is 0.168. The number of carbonyl (C=O) groups excluding carboxylic acids is 1. The summed E-state index contributed by atoms with van der Waals surface area (Å²) in [5.41, 5.74) is 0. The van der Waals surface area contributed by atoms with Gasteiger partial charge in [0.2, 0.25) is 5.91 Å². The van der Waals surface area contributed by atoms with Gasteiger partial charge in [0.1, 0.15) is 11.0 Å². The van der Waals surface area contributed by atoms with Gasteiger partial charge >= 0.3 is 0 Å². The third kappa shape index (κ3) is 3.69. The van der Waals surface area contributed by atoms with Crippen LogP contribution in [0.2, 0.25) is 5.15 Å². The van der Waals surface area contributed by atoms with Gasteiger partial charge < -0.3 is 9.80 Å². The first-order valence-corrected chi connectivity index (χ1v) is 8.63. The van der Waals surface area contributed by atoms with Crippen LogP contribution in [0.25, 0.3) is 0 Å². The van der Waals surface area contributed by atoms with Crippen LogP contribution in [0.4, 0.5) is 5.82 Å². The van der Waals surface area contributed by atoms with Crippen LogP contribution in [0, 0.1) is 5.92 Å². The maximum atomic E-state index is 12.7. The molecule has 1 aromatic rings. The molecule has 0 N–H and O–H groups in total. The molecule has 6 heteroatoms.